The average Bonchev–Trinajstić information content (AvgIpc) is 3.23. The number of hydrogen-bond donors (Lipinski definition) is 2. The zero-order valence-electron chi connectivity index (χ0n) is 17.1. The molecule has 2 aromatic heterocycles. The van der Waals surface area contributed by atoms with Crippen molar-refractivity contribution in [3.8, 4) is 10.6 Å². The van der Waals surface area contributed by atoms with E-state index in [9.17, 15) is 13.6 Å². The molecule has 3 aromatic rings. The van der Waals surface area contributed by atoms with E-state index in [0.29, 0.717) is 31.7 Å². The fraction of sp³-hybridized carbons (Fsp3) is 0.429. The molecule has 10 heteroatoms. The zero-order chi connectivity index (χ0) is 21.8. The van der Waals surface area contributed by atoms with Gasteiger partial charge < -0.3 is 10.2 Å². The van der Waals surface area contributed by atoms with Gasteiger partial charge in [0.05, 0.1) is 6.04 Å². The van der Waals surface area contributed by atoms with E-state index in [1.54, 1.807) is 11.1 Å². The first-order chi connectivity index (χ1) is 15.1. The summed E-state index contributed by atoms with van der Waals surface area (Å²) in [5.74, 6) is 0.471. The minimum Gasteiger partial charge on any atom is -0.324 e. The Morgan fingerprint density at radius 1 is 1.19 bits per heavy atom. The molecular formula is C21H24F2N6OS. The van der Waals surface area contributed by atoms with Crippen LogP contribution in [0.5, 0.6) is 0 Å². The van der Waals surface area contributed by atoms with Crippen LogP contribution in [-0.4, -0.2) is 64.6 Å². The molecule has 1 aliphatic rings. The minimum absolute atomic E-state index is 0.0155. The van der Waals surface area contributed by atoms with Crippen LogP contribution in [-0.2, 0) is 0 Å². The first kappa shape index (κ1) is 21.5. The third-order valence-corrected chi connectivity index (χ3v) is 6.24. The molecule has 1 fully saturated rings. The fourth-order valence-corrected chi connectivity index (χ4v) is 4.35. The van der Waals surface area contributed by atoms with Gasteiger partial charge in [0.2, 0.25) is 0 Å². The number of piperidine rings is 1. The van der Waals surface area contributed by atoms with Gasteiger partial charge in [0.15, 0.2) is 0 Å². The average molecular weight is 447 g/mol. The number of benzene rings is 1. The third kappa shape index (κ3) is 5.13. The highest BCUT2D eigenvalue weighted by molar-refractivity contribution is 7.14. The summed E-state index contributed by atoms with van der Waals surface area (Å²) in [5, 5.41) is 17.7. The quantitative estimate of drug-likeness (QED) is 0.599. The van der Waals surface area contributed by atoms with Crippen molar-refractivity contribution in [2.24, 2.45) is 0 Å². The number of fused-ring (bicyclic) bond motifs is 1. The predicted molar refractivity (Wildman–Crippen MR) is 118 cm³/mol. The number of pyridine rings is 1. The lowest BCUT2D eigenvalue weighted by Gasteiger charge is -2.33. The first-order valence-electron chi connectivity index (χ1n) is 10.2. The smallest absolute Gasteiger partial charge is 0.323 e. The molecule has 0 aliphatic carbocycles. The van der Waals surface area contributed by atoms with Crippen LogP contribution in [0.3, 0.4) is 0 Å². The van der Waals surface area contributed by atoms with E-state index in [2.05, 4.69) is 25.8 Å². The van der Waals surface area contributed by atoms with Crippen LogP contribution in [0, 0.1) is 6.92 Å². The normalized spacial score (nSPS) is 15.0. The number of likely N-dealkylation sites (tertiary alicyclic amines) is 1. The van der Waals surface area contributed by atoms with E-state index < -0.39 is 19.4 Å². The number of anilines is 1. The maximum absolute atomic E-state index is 12.7. The number of carbonyl (C=O) groups is 1. The Bertz CT molecular complexity index is 1050. The number of nitrogens with one attached hydrogen (secondary N) is 2. The van der Waals surface area contributed by atoms with Crippen LogP contribution < -0.4 is 10.6 Å². The van der Waals surface area contributed by atoms with E-state index >= 15 is 0 Å². The summed E-state index contributed by atoms with van der Waals surface area (Å²) in [7, 11) is 0. The number of amides is 2. The summed E-state index contributed by atoms with van der Waals surface area (Å²) in [6.45, 7) is 1.49. The summed E-state index contributed by atoms with van der Waals surface area (Å²) >= 11 is 1.53. The molecule has 0 bridgehead atoms. The standard InChI is InChI=1S/C21H24F2N6OS/c1-13-27-28-20(31-13)14-2-3-15-12-24-19(9-16(15)8-14)26-21(30)29-6-4-17(5-7-29)25-18(10-22)11-23/h2-3,8-9,12,17-18,25H,4-7,10-11H2,1H3,(H,24,26,30). The topological polar surface area (TPSA) is 83.0 Å². The number of rotatable bonds is 6. The van der Waals surface area contributed by atoms with Gasteiger partial charge in [-0.1, -0.05) is 23.5 Å². The number of aromatic nitrogens is 3. The number of nitrogens with zero attached hydrogens (tertiary/aromatic N) is 4. The van der Waals surface area contributed by atoms with Gasteiger partial charge in [0.1, 0.15) is 29.2 Å². The molecule has 0 saturated carbocycles. The van der Waals surface area contributed by atoms with Crippen molar-refractivity contribution in [2.75, 3.05) is 31.8 Å². The van der Waals surface area contributed by atoms with Gasteiger partial charge in [-0.05, 0) is 37.3 Å². The third-order valence-electron chi connectivity index (χ3n) is 5.36. The SMILES string of the molecule is Cc1nnc(-c2ccc3cnc(NC(=O)N4CCC(NC(CF)CF)CC4)cc3c2)s1. The van der Waals surface area contributed by atoms with Crippen molar-refractivity contribution in [1.29, 1.82) is 0 Å². The highest BCUT2D eigenvalue weighted by Gasteiger charge is 2.24. The molecule has 0 atom stereocenters. The van der Waals surface area contributed by atoms with E-state index in [1.165, 1.54) is 11.3 Å². The lowest BCUT2D eigenvalue weighted by molar-refractivity contribution is 0.179. The van der Waals surface area contributed by atoms with E-state index in [4.69, 9.17) is 0 Å². The van der Waals surface area contributed by atoms with Crippen molar-refractivity contribution < 1.29 is 13.6 Å². The van der Waals surface area contributed by atoms with Gasteiger partial charge in [0.25, 0.3) is 0 Å². The van der Waals surface area contributed by atoms with Gasteiger partial charge in [-0.2, -0.15) is 0 Å². The Balaban J connectivity index is 1.39. The van der Waals surface area contributed by atoms with Crippen molar-refractivity contribution in [2.45, 2.75) is 31.8 Å². The van der Waals surface area contributed by atoms with Gasteiger partial charge in [-0.3, -0.25) is 5.32 Å². The Morgan fingerprint density at radius 3 is 2.65 bits per heavy atom. The Kier molecular flexibility index (Phi) is 6.67. The Morgan fingerprint density at radius 2 is 1.97 bits per heavy atom. The number of carbonyl (C=O) groups excluding carboxylic acids is 1. The van der Waals surface area contributed by atoms with Crippen LogP contribution in [0.2, 0.25) is 0 Å². The van der Waals surface area contributed by atoms with Gasteiger partial charge >= 0.3 is 6.03 Å². The van der Waals surface area contributed by atoms with Crippen LogP contribution in [0.15, 0.2) is 30.5 Å². The molecule has 1 saturated heterocycles. The van der Waals surface area contributed by atoms with E-state index in [1.807, 2.05) is 31.2 Å². The largest absolute Gasteiger partial charge is 0.324 e. The molecule has 2 amide bonds. The number of alkyl halides is 2. The summed E-state index contributed by atoms with van der Waals surface area (Å²) in [5.41, 5.74) is 0.969. The van der Waals surface area contributed by atoms with E-state index in [-0.39, 0.29) is 12.1 Å². The number of halogens is 2. The molecule has 2 N–H and O–H groups in total. The zero-order valence-corrected chi connectivity index (χ0v) is 18.0. The van der Waals surface area contributed by atoms with Crippen molar-refractivity contribution in [3.63, 3.8) is 0 Å². The van der Waals surface area contributed by atoms with Crippen molar-refractivity contribution in [3.05, 3.63) is 35.5 Å². The second-order valence-electron chi connectivity index (χ2n) is 7.62. The highest BCUT2D eigenvalue weighted by atomic mass is 32.1. The molecule has 7 nitrogen and oxygen atoms in total. The summed E-state index contributed by atoms with van der Waals surface area (Å²) in [6, 6.07) is 6.83. The highest BCUT2D eigenvalue weighted by Crippen LogP contribution is 2.27. The van der Waals surface area contributed by atoms with Crippen LogP contribution in [0.25, 0.3) is 21.3 Å². The monoisotopic (exact) mass is 446 g/mol. The summed E-state index contributed by atoms with van der Waals surface area (Å²) in [6.07, 6.45) is 3.03. The molecule has 4 rings (SSSR count). The molecule has 1 aliphatic heterocycles. The van der Waals surface area contributed by atoms with Crippen molar-refractivity contribution in [1.82, 2.24) is 25.4 Å². The van der Waals surface area contributed by atoms with Gasteiger partial charge in [-0.15, -0.1) is 10.2 Å². The second-order valence-corrected chi connectivity index (χ2v) is 8.80. The maximum Gasteiger partial charge on any atom is 0.323 e. The van der Waals surface area contributed by atoms with Crippen LogP contribution in [0.4, 0.5) is 19.4 Å². The molecule has 1 aromatic carbocycles. The van der Waals surface area contributed by atoms with E-state index in [0.717, 1.165) is 26.4 Å². The molecule has 164 valence electrons. The summed E-state index contributed by atoms with van der Waals surface area (Å²) < 4.78 is 25.4. The van der Waals surface area contributed by atoms with Crippen molar-refractivity contribution >= 4 is 34.0 Å². The molecular weight excluding hydrogens is 422 g/mol. The Labute approximate surface area is 182 Å². The van der Waals surface area contributed by atoms with Crippen LogP contribution in [0.1, 0.15) is 17.8 Å². The van der Waals surface area contributed by atoms with Gasteiger partial charge in [-0.25, -0.2) is 18.6 Å². The number of hydrogen-bond acceptors (Lipinski definition) is 6. The predicted octanol–water partition coefficient (Wildman–Crippen LogP) is 3.96. The Hall–Kier alpha value is -2.72. The first-order valence-corrected chi connectivity index (χ1v) is 11.0. The lowest BCUT2D eigenvalue weighted by atomic mass is 10.0. The summed E-state index contributed by atoms with van der Waals surface area (Å²) in [4.78, 5) is 18.7. The molecule has 3 heterocycles. The number of urea groups is 1. The molecule has 0 spiro atoms. The molecule has 31 heavy (non-hydrogen) atoms. The molecule has 0 unspecified atom stereocenters. The number of aryl methyl sites for hydroxylation is 1. The lowest BCUT2D eigenvalue weighted by Crippen LogP contribution is -2.49. The molecule has 0 radical (unpaired) electrons. The minimum atomic E-state index is -0.763. The fourth-order valence-electron chi connectivity index (χ4n) is 3.66. The van der Waals surface area contributed by atoms with Crippen LogP contribution >= 0.6 is 11.3 Å². The second kappa shape index (κ2) is 9.61. The maximum atomic E-state index is 12.7. The van der Waals surface area contributed by atoms with Gasteiger partial charge in [0, 0.05) is 36.3 Å².